The number of nitrogens with zero attached hydrogens (tertiary/aromatic N) is 4. The second-order valence-electron chi connectivity index (χ2n) is 7.82. The lowest BCUT2D eigenvalue weighted by atomic mass is 10.1. The molecular weight excluding hydrogens is 508 g/mol. The van der Waals surface area contributed by atoms with Gasteiger partial charge in [0.25, 0.3) is 12.3 Å². The van der Waals surface area contributed by atoms with Gasteiger partial charge in [-0.2, -0.15) is 18.3 Å². The summed E-state index contributed by atoms with van der Waals surface area (Å²) in [5.74, 6) is -1.36. The van der Waals surface area contributed by atoms with E-state index < -0.39 is 30.5 Å². The Bertz CT molecular complexity index is 1440. The molecule has 4 rings (SSSR count). The summed E-state index contributed by atoms with van der Waals surface area (Å²) in [4.78, 5) is 16.7. The number of halogens is 6. The van der Waals surface area contributed by atoms with Gasteiger partial charge in [-0.15, -0.1) is 0 Å². The first-order valence-electron chi connectivity index (χ1n) is 10.5. The molecule has 3 aromatic heterocycles. The number of hydrogen-bond donors (Lipinski definition) is 1. The summed E-state index contributed by atoms with van der Waals surface area (Å²) in [7, 11) is 3.83. The Labute approximate surface area is 205 Å². The number of nitrogens with one attached hydrogen (secondary N) is 1. The van der Waals surface area contributed by atoms with Gasteiger partial charge < -0.3 is 14.8 Å². The van der Waals surface area contributed by atoms with Gasteiger partial charge in [0.15, 0.2) is 5.69 Å². The van der Waals surface area contributed by atoms with E-state index in [9.17, 15) is 31.1 Å². The Kier molecular flexibility index (Phi) is 6.76. The second kappa shape index (κ2) is 9.67. The van der Waals surface area contributed by atoms with Gasteiger partial charge in [-0.3, -0.25) is 13.9 Å². The van der Waals surface area contributed by atoms with Crippen LogP contribution >= 0.6 is 0 Å². The molecule has 14 heteroatoms. The van der Waals surface area contributed by atoms with Crippen molar-refractivity contribution >= 4 is 11.6 Å². The van der Waals surface area contributed by atoms with Crippen LogP contribution in [0.5, 0.6) is 11.5 Å². The van der Waals surface area contributed by atoms with E-state index in [-0.39, 0.29) is 28.2 Å². The average molecular weight is 527 g/mol. The summed E-state index contributed by atoms with van der Waals surface area (Å²) in [5.41, 5.74) is -0.0396. The van der Waals surface area contributed by atoms with Crippen molar-refractivity contribution in [3.05, 3.63) is 54.1 Å². The molecule has 196 valence electrons. The molecule has 0 aliphatic carbocycles. The van der Waals surface area contributed by atoms with E-state index in [1.54, 1.807) is 9.72 Å². The minimum absolute atomic E-state index is 0.0925. The molecule has 1 amide bonds. The van der Waals surface area contributed by atoms with E-state index in [0.29, 0.717) is 16.9 Å². The number of rotatable bonds is 7. The standard InChI is InChI=1S/C23H19F6N5O3/c1-33-10-13(19(32-33)23(27,28)29)11-4-5-34-14(9-30-17(34)8-11)12-6-15(36-2)18(16(7-12)37-3)22(35)31-21(26)20(24)25/h4-10,20-21H,1-3H3,(H,31,35). The number of imidazole rings is 1. The van der Waals surface area contributed by atoms with E-state index in [1.165, 1.54) is 64.1 Å². The van der Waals surface area contributed by atoms with Crippen LogP contribution < -0.4 is 14.8 Å². The number of alkyl halides is 6. The molecule has 0 bridgehead atoms. The van der Waals surface area contributed by atoms with Crippen molar-refractivity contribution in [1.82, 2.24) is 24.5 Å². The summed E-state index contributed by atoms with van der Waals surface area (Å²) in [6.07, 6.45) is -6.77. The van der Waals surface area contributed by atoms with Crippen LogP contribution in [0.25, 0.3) is 28.0 Å². The quantitative estimate of drug-likeness (QED) is 0.278. The molecule has 8 nitrogen and oxygen atoms in total. The number of ether oxygens (including phenoxy) is 2. The van der Waals surface area contributed by atoms with Crippen LogP contribution in [0.3, 0.4) is 0 Å². The molecule has 0 saturated carbocycles. The maximum Gasteiger partial charge on any atom is 0.435 e. The van der Waals surface area contributed by atoms with Crippen LogP contribution in [0.15, 0.2) is 42.9 Å². The normalized spacial score (nSPS) is 12.7. The first-order valence-corrected chi connectivity index (χ1v) is 10.5. The minimum atomic E-state index is -4.65. The molecule has 0 fully saturated rings. The average Bonchev–Trinajstić information content (AvgIpc) is 3.46. The molecule has 1 N–H and O–H groups in total. The van der Waals surface area contributed by atoms with Crippen molar-refractivity contribution in [3.63, 3.8) is 0 Å². The molecule has 0 saturated heterocycles. The molecule has 0 aliphatic heterocycles. The van der Waals surface area contributed by atoms with Gasteiger partial charge in [0.1, 0.15) is 22.7 Å². The zero-order valence-corrected chi connectivity index (χ0v) is 19.5. The fraction of sp³-hybridized carbons (Fsp3) is 0.261. The lowest BCUT2D eigenvalue weighted by Gasteiger charge is -2.16. The molecule has 37 heavy (non-hydrogen) atoms. The summed E-state index contributed by atoms with van der Waals surface area (Å²) < 4.78 is 91.9. The lowest BCUT2D eigenvalue weighted by Crippen LogP contribution is -2.36. The van der Waals surface area contributed by atoms with Gasteiger partial charge in [-0.25, -0.2) is 18.2 Å². The molecule has 1 unspecified atom stereocenters. The summed E-state index contributed by atoms with van der Waals surface area (Å²) in [6, 6.07) is 5.71. The smallest absolute Gasteiger partial charge is 0.435 e. The van der Waals surface area contributed by atoms with Crippen molar-refractivity contribution in [2.75, 3.05) is 14.2 Å². The third-order valence-corrected chi connectivity index (χ3v) is 5.44. The number of amides is 1. The van der Waals surface area contributed by atoms with Crippen LogP contribution in [0.4, 0.5) is 26.3 Å². The Morgan fingerprint density at radius 1 is 1.05 bits per heavy atom. The van der Waals surface area contributed by atoms with Crippen LogP contribution in [-0.4, -0.2) is 52.0 Å². The van der Waals surface area contributed by atoms with Crippen molar-refractivity contribution in [2.24, 2.45) is 7.05 Å². The highest BCUT2D eigenvalue weighted by Gasteiger charge is 2.37. The van der Waals surface area contributed by atoms with Crippen molar-refractivity contribution in [3.8, 4) is 33.9 Å². The molecule has 4 aromatic rings. The molecule has 0 radical (unpaired) electrons. The van der Waals surface area contributed by atoms with Gasteiger partial charge in [-0.1, -0.05) is 0 Å². The van der Waals surface area contributed by atoms with Gasteiger partial charge >= 0.3 is 6.18 Å². The monoisotopic (exact) mass is 527 g/mol. The highest BCUT2D eigenvalue weighted by atomic mass is 19.4. The number of aryl methyl sites for hydroxylation is 1. The maximum atomic E-state index is 13.4. The zero-order valence-electron chi connectivity index (χ0n) is 19.5. The van der Waals surface area contributed by atoms with Crippen molar-refractivity contribution < 1.29 is 40.6 Å². The Hall–Kier alpha value is -4.23. The van der Waals surface area contributed by atoms with Crippen LogP contribution in [0.2, 0.25) is 0 Å². The van der Waals surface area contributed by atoms with Gasteiger partial charge in [-0.05, 0) is 29.8 Å². The predicted octanol–water partition coefficient (Wildman–Crippen LogP) is 4.73. The Morgan fingerprint density at radius 3 is 2.27 bits per heavy atom. The third kappa shape index (κ3) is 4.90. The fourth-order valence-electron chi connectivity index (χ4n) is 3.81. The summed E-state index contributed by atoms with van der Waals surface area (Å²) in [5, 5.41) is 5.07. The molecule has 0 spiro atoms. The van der Waals surface area contributed by atoms with Crippen LogP contribution in [0.1, 0.15) is 16.1 Å². The van der Waals surface area contributed by atoms with Crippen LogP contribution in [0, 0.1) is 0 Å². The minimum Gasteiger partial charge on any atom is -0.496 e. The number of pyridine rings is 1. The number of aromatic nitrogens is 4. The summed E-state index contributed by atoms with van der Waals surface area (Å²) >= 11 is 0. The first kappa shape index (κ1) is 25.9. The largest absolute Gasteiger partial charge is 0.496 e. The predicted molar refractivity (Wildman–Crippen MR) is 119 cm³/mol. The van der Waals surface area contributed by atoms with Crippen LogP contribution in [-0.2, 0) is 13.2 Å². The summed E-state index contributed by atoms with van der Waals surface area (Å²) in [6.45, 7) is 0. The highest BCUT2D eigenvalue weighted by Crippen LogP contribution is 2.38. The molecule has 1 atom stereocenters. The van der Waals surface area contributed by atoms with Gasteiger partial charge in [0.05, 0.1) is 26.1 Å². The van der Waals surface area contributed by atoms with Crippen molar-refractivity contribution in [2.45, 2.75) is 18.9 Å². The number of carbonyl (C=O) groups excluding carboxylic acids is 1. The van der Waals surface area contributed by atoms with Crippen molar-refractivity contribution in [1.29, 1.82) is 0 Å². The Morgan fingerprint density at radius 2 is 1.70 bits per heavy atom. The number of fused-ring (bicyclic) bond motifs is 1. The fourth-order valence-corrected chi connectivity index (χ4v) is 3.81. The van der Waals surface area contributed by atoms with E-state index in [2.05, 4.69) is 10.1 Å². The number of benzene rings is 1. The molecule has 1 aromatic carbocycles. The van der Waals surface area contributed by atoms with Gasteiger partial charge in [0, 0.05) is 30.6 Å². The number of hydrogen-bond acceptors (Lipinski definition) is 5. The lowest BCUT2D eigenvalue weighted by molar-refractivity contribution is -0.140. The molecule has 3 heterocycles. The molecule has 0 aliphatic rings. The zero-order chi connectivity index (χ0) is 27.1. The number of carbonyl (C=O) groups is 1. The second-order valence-corrected chi connectivity index (χ2v) is 7.82. The topological polar surface area (TPSA) is 82.7 Å². The maximum absolute atomic E-state index is 13.4. The number of methoxy groups -OCH3 is 2. The van der Waals surface area contributed by atoms with Gasteiger partial charge in [0.2, 0.25) is 6.30 Å². The van der Waals surface area contributed by atoms with E-state index in [1.807, 2.05) is 0 Å². The van der Waals surface area contributed by atoms with E-state index >= 15 is 0 Å². The first-order chi connectivity index (χ1) is 17.4. The highest BCUT2D eigenvalue weighted by molar-refractivity contribution is 6.00. The van der Waals surface area contributed by atoms with E-state index in [4.69, 9.17) is 9.47 Å². The molecular formula is C23H19F6N5O3. The van der Waals surface area contributed by atoms with E-state index in [0.717, 1.165) is 4.68 Å². The third-order valence-electron chi connectivity index (χ3n) is 5.44. The Balaban J connectivity index is 1.77. The SMILES string of the molecule is COc1cc(-c2cnc3cc(-c4cn(C)nc4C(F)(F)F)ccn23)cc(OC)c1C(=O)NC(F)C(F)F.